The normalized spacial score (nSPS) is 14.7. The van der Waals surface area contributed by atoms with Gasteiger partial charge in [0.05, 0.1) is 12.2 Å². The van der Waals surface area contributed by atoms with Gasteiger partial charge in [0, 0.05) is 17.4 Å². The van der Waals surface area contributed by atoms with Crippen molar-refractivity contribution in [3.63, 3.8) is 0 Å². The van der Waals surface area contributed by atoms with E-state index in [0.29, 0.717) is 0 Å². The molecule has 1 aromatic rings. The first-order chi connectivity index (χ1) is 7.65. The molecule has 1 unspecified atom stereocenters. The van der Waals surface area contributed by atoms with Crippen LogP contribution in [0.3, 0.4) is 0 Å². The predicted molar refractivity (Wildman–Crippen MR) is 52.5 cm³/mol. The lowest BCUT2D eigenvalue weighted by Gasteiger charge is -2.08. The molecule has 0 saturated heterocycles. The number of rotatable bonds is 3. The third-order valence-corrected chi connectivity index (χ3v) is 2.55. The van der Waals surface area contributed by atoms with Gasteiger partial charge in [-0.3, -0.25) is 4.18 Å². The Hall–Kier alpha value is -0.800. The summed E-state index contributed by atoms with van der Waals surface area (Å²) in [7, 11) is -3.23. The van der Waals surface area contributed by atoms with Gasteiger partial charge in [0.2, 0.25) is 5.82 Å². The largest absolute Gasteiger partial charge is 0.285 e. The van der Waals surface area contributed by atoms with Gasteiger partial charge in [-0.05, 0) is 0 Å². The van der Waals surface area contributed by atoms with Gasteiger partial charge < -0.3 is 0 Å². The van der Waals surface area contributed by atoms with Crippen molar-refractivity contribution in [2.45, 2.75) is 6.61 Å². The fourth-order valence-corrected chi connectivity index (χ4v) is 1.42. The Balaban J connectivity index is 3.25. The van der Waals surface area contributed by atoms with Crippen LogP contribution in [-0.4, -0.2) is 10.5 Å². The average Bonchev–Trinajstić information content (AvgIpc) is 2.22. The van der Waals surface area contributed by atoms with Crippen LogP contribution in [0.2, 0.25) is 0 Å². The molecule has 0 aliphatic heterocycles. The zero-order chi connectivity index (χ0) is 13.4. The summed E-state index contributed by atoms with van der Waals surface area (Å²) in [6.07, 6.45) is 0.939. The second kappa shape index (κ2) is 4.83. The van der Waals surface area contributed by atoms with Crippen molar-refractivity contribution >= 4 is 20.0 Å². The van der Waals surface area contributed by atoms with Gasteiger partial charge in [0.1, 0.15) is 8.77 Å². The molecule has 0 radical (unpaired) electrons. The van der Waals surface area contributed by atoms with Crippen molar-refractivity contribution in [3.8, 4) is 0 Å². The molecule has 0 saturated carbocycles. The summed E-state index contributed by atoms with van der Waals surface area (Å²) in [5, 5.41) is 0. The topological polar surface area (TPSA) is 26.3 Å². The molecule has 0 aromatic heterocycles. The lowest BCUT2D eigenvalue weighted by atomic mass is 10.2. The zero-order valence-electron chi connectivity index (χ0n) is 8.23. The lowest BCUT2D eigenvalue weighted by molar-refractivity contribution is 0.302. The van der Waals surface area contributed by atoms with E-state index in [4.69, 9.17) is 0 Å². The number of hydrogen-bond acceptors (Lipinski definition) is 3. The minimum absolute atomic E-state index is 0.939. The Morgan fingerprint density at radius 3 is 1.71 bits per heavy atom. The molecular weight excluding hydrogens is 287 g/mol. The first kappa shape index (κ1) is 14.3. The fourth-order valence-electron chi connectivity index (χ4n) is 0.943. The Labute approximate surface area is 98.3 Å². The second-order valence-electron chi connectivity index (χ2n) is 3.01. The minimum Gasteiger partial charge on any atom is -0.285 e. The highest BCUT2D eigenvalue weighted by Gasteiger charge is 2.26. The maximum Gasteiger partial charge on any atom is 0.200 e. The highest BCUT2D eigenvalue weighted by molar-refractivity contribution is 8.29. The van der Waals surface area contributed by atoms with E-state index in [1.807, 2.05) is 0 Å². The zero-order valence-corrected chi connectivity index (χ0v) is 9.86. The van der Waals surface area contributed by atoms with E-state index in [9.17, 15) is 26.2 Å². The van der Waals surface area contributed by atoms with Gasteiger partial charge in [-0.2, -0.15) is 0 Å². The Kier molecular flexibility index (Phi) is 4.05. The van der Waals surface area contributed by atoms with E-state index >= 15 is 0 Å². The van der Waals surface area contributed by atoms with Crippen molar-refractivity contribution in [1.82, 2.24) is 0 Å². The second-order valence-corrected chi connectivity index (χ2v) is 6.48. The molecule has 17 heavy (non-hydrogen) atoms. The summed E-state index contributed by atoms with van der Waals surface area (Å²) in [5.74, 6) is -10.5. The Morgan fingerprint density at radius 2 is 1.35 bits per heavy atom. The van der Waals surface area contributed by atoms with Crippen LogP contribution in [0.5, 0.6) is 0 Å². The summed E-state index contributed by atoms with van der Waals surface area (Å²) in [5.41, 5.74) is -1.21. The third-order valence-electron chi connectivity index (χ3n) is 1.72. The van der Waals surface area contributed by atoms with Gasteiger partial charge in [0.25, 0.3) is 0 Å². The molecule has 0 bridgehead atoms. The van der Waals surface area contributed by atoms with Crippen LogP contribution in [0.4, 0.5) is 22.0 Å². The van der Waals surface area contributed by atoms with Crippen LogP contribution < -0.4 is 0 Å². The molecule has 0 N–H and O–H groups in total. The monoisotopic (exact) mass is 292 g/mol. The van der Waals surface area contributed by atoms with Crippen LogP contribution in [0.25, 0.3) is 0 Å². The van der Waals surface area contributed by atoms with E-state index in [-0.39, 0.29) is 0 Å². The van der Waals surface area contributed by atoms with Gasteiger partial charge in [0.15, 0.2) is 23.3 Å². The molecule has 1 rings (SSSR count). The van der Waals surface area contributed by atoms with Gasteiger partial charge >= 0.3 is 0 Å². The fraction of sp³-hybridized carbons (Fsp3) is 0.250. The molecule has 0 aliphatic carbocycles. The summed E-state index contributed by atoms with van der Waals surface area (Å²) in [6.45, 7) is -1.06. The molecule has 96 valence electrons. The Morgan fingerprint density at radius 1 is 1.00 bits per heavy atom. The van der Waals surface area contributed by atoms with E-state index in [1.54, 1.807) is 0 Å². The average molecular weight is 292 g/mol. The predicted octanol–water partition coefficient (Wildman–Crippen LogP) is 2.19. The molecule has 1 aromatic carbocycles. The first-order valence-electron chi connectivity index (χ1n) is 4.00. The molecule has 0 aliphatic rings. The van der Waals surface area contributed by atoms with Crippen LogP contribution in [-0.2, 0) is 30.8 Å². The molecule has 0 amide bonds. The maximum absolute atomic E-state index is 13.1. The highest BCUT2D eigenvalue weighted by Crippen LogP contribution is 2.23. The quantitative estimate of drug-likeness (QED) is 0.485. The van der Waals surface area contributed by atoms with Gasteiger partial charge in [-0.1, -0.05) is 0 Å². The van der Waals surface area contributed by atoms with E-state index < -0.39 is 50.0 Å². The molecule has 9 heteroatoms. The molecule has 0 fully saturated rings. The van der Waals surface area contributed by atoms with Gasteiger partial charge in [-0.15, -0.1) is 0 Å². The third kappa shape index (κ3) is 3.11. The molecule has 1 atom stereocenters. The summed E-state index contributed by atoms with van der Waals surface area (Å²) in [4.78, 5) is 0. The van der Waals surface area contributed by atoms with E-state index in [1.165, 1.54) is 0 Å². The van der Waals surface area contributed by atoms with Gasteiger partial charge in [-0.25, -0.2) is 26.2 Å². The molecule has 0 spiro atoms. The summed E-state index contributed by atoms with van der Waals surface area (Å²) >= 11 is 4.26. The van der Waals surface area contributed by atoms with Crippen molar-refractivity contribution in [1.29, 1.82) is 0 Å². The smallest absolute Gasteiger partial charge is 0.200 e. The summed E-state index contributed by atoms with van der Waals surface area (Å²) < 4.78 is 79.4. The standard InChI is InChI=1S/C8H5F5O2S2/c1-17(14,16)15-2-3-4(9)6(11)8(13)7(12)5(3)10/h2H2,1H3. The molecule has 0 heterocycles. The minimum atomic E-state index is -3.23. The number of hydrogen-bond donors (Lipinski definition) is 0. The van der Waals surface area contributed by atoms with Crippen molar-refractivity contribution < 1.29 is 30.3 Å². The molecular formula is C8H5F5O2S2. The Bertz CT molecular complexity index is 527. The van der Waals surface area contributed by atoms with Crippen molar-refractivity contribution in [2.24, 2.45) is 0 Å². The number of benzene rings is 1. The SMILES string of the molecule is CS(=O)(=S)OCc1c(F)c(F)c(F)c(F)c1F. The first-order valence-corrected chi connectivity index (χ1v) is 6.81. The van der Waals surface area contributed by atoms with Crippen LogP contribution in [0.1, 0.15) is 5.56 Å². The number of halogens is 5. The molecule has 2 nitrogen and oxygen atoms in total. The maximum atomic E-state index is 13.1. The van der Waals surface area contributed by atoms with Crippen LogP contribution >= 0.6 is 0 Å². The lowest BCUT2D eigenvalue weighted by Crippen LogP contribution is -2.10. The van der Waals surface area contributed by atoms with Crippen LogP contribution in [0, 0.1) is 29.1 Å². The highest BCUT2D eigenvalue weighted by atomic mass is 32.8. The summed E-state index contributed by atoms with van der Waals surface area (Å²) in [6, 6.07) is 0. The van der Waals surface area contributed by atoms with Crippen molar-refractivity contribution in [3.05, 3.63) is 34.6 Å². The van der Waals surface area contributed by atoms with E-state index in [0.717, 1.165) is 6.26 Å². The van der Waals surface area contributed by atoms with E-state index in [2.05, 4.69) is 15.4 Å². The van der Waals surface area contributed by atoms with Crippen LogP contribution in [0.15, 0.2) is 0 Å². The van der Waals surface area contributed by atoms with Crippen molar-refractivity contribution in [2.75, 3.05) is 6.26 Å².